The van der Waals surface area contributed by atoms with E-state index in [1.165, 1.54) is 12.1 Å². The Labute approximate surface area is 195 Å². The Bertz CT molecular complexity index is 1180. The van der Waals surface area contributed by atoms with Crippen LogP contribution in [0.3, 0.4) is 0 Å². The molecule has 2 heterocycles. The second kappa shape index (κ2) is 10.2. The molecule has 1 aliphatic rings. The number of pyridine rings is 1. The quantitative estimate of drug-likeness (QED) is 0.503. The number of hydrogen-bond donors (Lipinski definition) is 1. The summed E-state index contributed by atoms with van der Waals surface area (Å²) < 4.78 is 52.2. The van der Waals surface area contributed by atoms with E-state index in [1.54, 1.807) is 43.3 Å². The zero-order valence-electron chi connectivity index (χ0n) is 19.0. The average molecular weight is 473 g/mol. The van der Waals surface area contributed by atoms with Crippen molar-refractivity contribution in [3.8, 4) is 11.5 Å². The van der Waals surface area contributed by atoms with E-state index in [9.17, 15) is 18.0 Å². The van der Waals surface area contributed by atoms with Gasteiger partial charge in [0.05, 0.1) is 18.2 Å². The van der Waals surface area contributed by atoms with Crippen LogP contribution in [-0.2, 0) is 11.3 Å². The van der Waals surface area contributed by atoms with Gasteiger partial charge >= 0.3 is 0 Å². The minimum Gasteiger partial charge on any atom is -0.493 e. The van der Waals surface area contributed by atoms with Crippen molar-refractivity contribution in [3.05, 3.63) is 59.5 Å². The molecule has 0 aliphatic carbocycles. The fourth-order valence-corrected chi connectivity index (χ4v) is 4.12. The van der Waals surface area contributed by atoms with Crippen LogP contribution in [0, 0.1) is 5.82 Å². The van der Waals surface area contributed by atoms with Crippen LogP contribution in [0.1, 0.15) is 37.3 Å². The van der Waals surface area contributed by atoms with Crippen LogP contribution < -0.4 is 14.8 Å². The number of rotatable bonds is 7. The predicted octanol–water partition coefficient (Wildman–Crippen LogP) is 5.32. The highest BCUT2D eigenvalue weighted by atomic mass is 19.3. The summed E-state index contributed by atoms with van der Waals surface area (Å²) in [5, 5.41) is 3.85. The van der Waals surface area contributed by atoms with E-state index in [0.29, 0.717) is 35.8 Å². The van der Waals surface area contributed by atoms with Crippen LogP contribution in [0.2, 0.25) is 0 Å². The molecule has 1 aliphatic heterocycles. The lowest BCUT2D eigenvalue weighted by molar-refractivity contribution is -0.130. The van der Waals surface area contributed by atoms with Gasteiger partial charge in [0, 0.05) is 68.3 Å². The van der Waals surface area contributed by atoms with E-state index in [-0.39, 0.29) is 24.1 Å². The molecule has 0 bridgehead atoms. The molecule has 0 saturated carbocycles. The smallest absolute Gasteiger partial charge is 0.266 e. The number of likely N-dealkylation sites (tertiary alicyclic amines) is 1. The lowest BCUT2D eigenvalue weighted by Crippen LogP contribution is -2.40. The van der Waals surface area contributed by atoms with Crippen molar-refractivity contribution in [1.82, 2.24) is 9.88 Å². The Balaban J connectivity index is 1.54. The monoisotopic (exact) mass is 473 g/mol. The Morgan fingerprint density at radius 2 is 1.97 bits per heavy atom. The summed E-state index contributed by atoms with van der Waals surface area (Å²) >= 11 is 0. The highest BCUT2D eigenvalue weighted by molar-refractivity contribution is 5.93. The second-order valence-electron chi connectivity index (χ2n) is 8.18. The first kappa shape index (κ1) is 23.7. The van der Waals surface area contributed by atoms with Crippen LogP contribution in [-0.4, -0.2) is 42.1 Å². The number of benzene rings is 2. The van der Waals surface area contributed by atoms with Gasteiger partial charge in [0.25, 0.3) is 6.43 Å². The molecule has 0 unspecified atom stereocenters. The maximum Gasteiger partial charge on any atom is 0.266 e. The predicted molar refractivity (Wildman–Crippen MR) is 123 cm³/mol. The molecule has 0 radical (unpaired) electrons. The van der Waals surface area contributed by atoms with E-state index in [2.05, 4.69) is 10.3 Å². The number of halogens is 3. The summed E-state index contributed by atoms with van der Waals surface area (Å²) in [7, 11) is 1.54. The molecule has 1 fully saturated rings. The van der Waals surface area contributed by atoms with Crippen molar-refractivity contribution in [1.29, 1.82) is 0 Å². The van der Waals surface area contributed by atoms with E-state index < -0.39 is 17.8 Å². The first-order chi connectivity index (χ1) is 16.4. The molecule has 1 saturated heterocycles. The number of hydrogen-bond acceptors (Lipinski definition) is 5. The lowest BCUT2D eigenvalue weighted by Gasteiger charge is -2.31. The number of nitrogens with zero attached hydrogens (tertiary/aromatic N) is 2. The number of amides is 1. The van der Waals surface area contributed by atoms with Gasteiger partial charge in [-0.3, -0.25) is 9.78 Å². The Morgan fingerprint density at radius 3 is 2.65 bits per heavy atom. The number of aromatic nitrogens is 1. The molecule has 3 aromatic rings. The van der Waals surface area contributed by atoms with Gasteiger partial charge in [-0.15, -0.1) is 0 Å². The van der Waals surface area contributed by atoms with Gasteiger partial charge in [-0.25, -0.2) is 13.2 Å². The standard InChI is InChI=1S/C25H26F3N3O3/c1-15(32)31-10-7-17(8-11-31)34-23-13-21-19(12-22(23)33-2)20(6-9-29-21)30-14-16-4-3-5-18(24(16)26)25(27)28/h3-6,9,12-13,17,25H,7-8,10-11,14H2,1-2H3,(H,29,30). The molecule has 0 atom stereocenters. The molecule has 6 nitrogen and oxygen atoms in total. The lowest BCUT2D eigenvalue weighted by atomic mass is 10.1. The molecule has 1 N–H and O–H groups in total. The third-order valence-electron chi connectivity index (χ3n) is 6.02. The van der Waals surface area contributed by atoms with Crippen LogP contribution >= 0.6 is 0 Å². The van der Waals surface area contributed by atoms with Crippen molar-refractivity contribution in [2.45, 2.75) is 38.8 Å². The first-order valence-corrected chi connectivity index (χ1v) is 11.1. The third-order valence-corrected chi connectivity index (χ3v) is 6.02. The van der Waals surface area contributed by atoms with Gasteiger partial charge in [0.2, 0.25) is 5.91 Å². The topological polar surface area (TPSA) is 63.7 Å². The number of carbonyl (C=O) groups excluding carboxylic acids is 1. The zero-order valence-corrected chi connectivity index (χ0v) is 19.0. The van der Waals surface area contributed by atoms with Gasteiger partial charge in [-0.05, 0) is 12.1 Å². The van der Waals surface area contributed by atoms with Crippen molar-refractivity contribution < 1.29 is 27.4 Å². The number of anilines is 1. The SMILES string of the molecule is COc1cc2c(NCc3cccc(C(F)F)c3F)ccnc2cc1OC1CCN(C(C)=O)CC1. The number of methoxy groups -OCH3 is 1. The molecule has 180 valence electrons. The van der Waals surface area contributed by atoms with Crippen molar-refractivity contribution in [3.63, 3.8) is 0 Å². The molecular formula is C25H26F3N3O3. The summed E-state index contributed by atoms with van der Waals surface area (Å²) in [6, 6.07) is 9.28. The van der Waals surface area contributed by atoms with Crippen LogP contribution in [0.4, 0.5) is 18.9 Å². The van der Waals surface area contributed by atoms with Crippen molar-refractivity contribution >= 4 is 22.5 Å². The largest absolute Gasteiger partial charge is 0.493 e. The third kappa shape index (κ3) is 5.03. The first-order valence-electron chi connectivity index (χ1n) is 11.1. The average Bonchev–Trinajstić information content (AvgIpc) is 2.83. The van der Waals surface area contributed by atoms with Crippen LogP contribution in [0.25, 0.3) is 10.9 Å². The van der Waals surface area contributed by atoms with E-state index in [1.807, 2.05) is 0 Å². The Hall–Kier alpha value is -3.49. The molecule has 4 rings (SSSR count). The highest BCUT2D eigenvalue weighted by Gasteiger charge is 2.23. The second-order valence-corrected chi connectivity index (χ2v) is 8.18. The summed E-state index contributed by atoms with van der Waals surface area (Å²) in [4.78, 5) is 17.8. The number of carbonyl (C=O) groups is 1. The zero-order chi connectivity index (χ0) is 24.2. The summed E-state index contributed by atoms with van der Waals surface area (Å²) in [5.41, 5.74) is 0.832. The summed E-state index contributed by atoms with van der Waals surface area (Å²) in [6.07, 6.45) is 0.128. The van der Waals surface area contributed by atoms with Crippen LogP contribution in [0.5, 0.6) is 11.5 Å². The summed E-state index contributed by atoms with van der Waals surface area (Å²) in [6.45, 7) is 2.88. The van der Waals surface area contributed by atoms with E-state index >= 15 is 0 Å². The highest BCUT2D eigenvalue weighted by Crippen LogP contribution is 2.36. The van der Waals surface area contributed by atoms with Crippen molar-refractivity contribution in [2.24, 2.45) is 0 Å². The minimum atomic E-state index is -2.88. The number of ether oxygens (including phenoxy) is 2. The van der Waals surface area contributed by atoms with Gasteiger partial charge in [0.1, 0.15) is 11.9 Å². The van der Waals surface area contributed by atoms with Gasteiger partial charge in [-0.2, -0.15) is 0 Å². The number of piperidine rings is 1. The molecule has 2 aromatic carbocycles. The van der Waals surface area contributed by atoms with Gasteiger partial charge < -0.3 is 19.7 Å². The van der Waals surface area contributed by atoms with E-state index in [4.69, 9.17) is 9.47 Å². The number of fused-ring (bicyclic) bond motifs is 1. The van der Waals surface area contributed by atoms with E-state index in [0.717, 1.165) is 24.3 Å². The molecule has 34 heavy (non-hydrogen) atoms. The molecule has 1 amide bonds. The molecule has 0 spiro atoms. The summed E-state index contributed by atoms with van der Waals surface area (Å²) in [5.74, 6) is 0.222. The van der Waals surface area contributed by atoms with Gasteiger partial charge in [0.15, 0.2) is 11.5 Å². The normalized spacial score (nSPS) is 14.5. The fraction of sp³-hybridized carbons (Fsp3) is 0.360. The Morgan fingerprint density at radius 1 is 1.21 bits per heavy atom. The maximum absolute atomic E-state index is 14.4. The molecule has 9 heteroatoms. The van der Waals surface area contributed by atoms with Crippen LogP contribution in [0.15, 0.2) is 42.6 Å². The van der Waals surface area contributed by atoms with Crippen molar-refractivity contribution in [2.75, 3.05) is 25.5 Å². The fourth-order valence-electron chi connectivity index (χ4n) is 4.12. The minimum absolute atomic E-state index is 0.0286. The Kier molecular flexibility index (Phi) is 7.09. The molecule has 1 aromatic heterocycles. The van der Waals surface area contributed by atoms with Gasteiger partial charge in [-0.1, -0.05) is 18.2 Å². The maximum atomic E-state index is 14.4. The number of alkyl halides is 2. The molecular weight excluding hydrogens is 447 g/mol. The number of nitrogens with one attached hydrogen (secondary N) is 1.